The number of ether oxygens (including phenoxy) is 2. The van der Waals surface area contributed by atoms with E-state index in [1.54, 1.807) is 18.2 Å². The molecule has 0 bridgehead atoms. The molecule has 3 heterocycles. The number of pyridine rings is 2. The summed E-state index contributed by atoms with van der Waals surface area (Å²) in [4.78, 5) is 28.4. The maximum Gasteiger partial charge on any atom is 0.310 e. The maximum absolute atomic E-state index is 13.0. The van der Waals surface area contributed by atoms with Gasteiger partial charge in [-0.25, -0.2) is 4.98 Å². The van der Waals surface area contributed by atoms with Crippen molar-refractivity contribution in [1.29, 1.82) is 0 Å². The Morgan fingerprint density at radius 1 is 1.20 bits per heavy atom. The lowest BCUT2D eigenvalue weighted by molar-refractivity contribution is -0.384. The first-order valence-electron chi connectivity index (χ1n) is 9.29. The Balaban J connectivity index is 1.82. The van der Waals surface area contributed by atoms with E-state index in [1.165, 1.54) is 24.9 Å². The van der Waals surface area contributed by atoms with E-state index in [-0.39, 0.29) is 34.2 Å². The van der Waals surface area contributed by atoms with E-state index in [2.05, 4.69) is 10.3 Å². The van der Waals surface area contributed by atoms with Gasteiger partial charge in [0.25, 0.3) is 5.56 Å². The minimum absolute atomic E-state index is 0.121. The Hall–Kier alpha value is -3.33. The monoisotopic (exact) mass is 430 g/mol. The lowest BCUT2D eigenvalue weighted by Gasteiger charge is -2.20. The summed E-state index contributed by atoms with van der Waals surface area (Å²) in [6, 6.07) is 6.61. The average Bonchev–Trinajstić information content (AvgIpc) is 2.75. The van der Waals surface area contributed by atoms with Crippen molar-refractivity contribution >= 4 is 34.0 Å². The molecule has 1 N–H and O–H groups in total. The quantitative estimate of drug-likeness (QED) is 0.375. The van der Waals surface area contributed by atoms with Crippen LogP contribution in [0, 0.1) is 10.1 Å². The minimum atomic E-state index is -0.482. The molecule has 0 fully saturated rings. The zero-order chi connectivity index (χ0) is 21.4. The topological polar surface area (TPSA) is 109 Å². The van der Waals surface area contributed by atoms with E-state index in [1.807, 2.05) is 0 Å². The minimum Gasteiger partial charge on any atom is -0.493 e. The molecule has 10 heteroatoms. The number of hydrogen-bond donors (Lipinski definition) is 1. The molecule has 0 radical (unpaired) electrons. The van der Waals surface area contributed by atoms with Crippen LogP contribution >= 0.6 is 11.6 Å². The van der Waals surface area contributed by atoms with Crippen LogP contribution in [-0.4, -0.2) is 35.2 Å². The molecular formula is C20H19ClN4O5. The van der Waals surface area contributed by atoms with Gasteiger partial charge in [-0.05, 0) is 24.1 Å². The molecule has 0 saturated carbocycles. The van der Waals surface area contributed by atoms with Crippen LogP contribution in [0.25, 0.3) is 10.9 Å². The number of halogens is 1. The van der Waals surface area contributed by atoms with Gasteiger partial charge < -0.3 is 14.8 Å². The summed E-state index contributed by atoms with van der Waals surface area (Å²) in [5.41, 5.74) is 1.09. The number of nitrogens with one attached hydrogen (secondary N) is 1. The lowest BCUT2D eigenvalue weighted by Crippen LogP contribution is -2.32. The number of benzene rings is 1. The number of aromatic nitrogens is 2. The van der Waals surface area contributed by atoms with Crippen LogP contribution in [0.2, 0.25) is 5.15 Å². The first-order chi connectivity index (χ1) is 14.4. The van der Waals surface area contributed by atoms with Crippen molar-refractivity contribution in [2.45, 2.75) is 19.4 Å². The molecular weight excluding hydrogens is 412 g/mol. The van der Waals surface area contributed by atoms with E-state index in [4.69, 9.17) is 21.1 Å². The molecule has 3 aromatic rings. The third-order valence-corrected chi connectivity index (χ3v) is 5.45. The predicted octanol–water partition coefficient (Wildman–Crippen LogP) is 3.38. The van der Waals surface area contributed by atoms with Crippen LogP contribution < -0.4 is 20.3 Å². The summed E-state index contributed by atoms with van der Waals surface area (Å²) in [5.74, 6) is 1.31. The molecule has 0 aliphatic carbocycles. The lowest BCUT2D eigenvalue weighted by atomic mass is 10.0. The molecule has 0 atom stereocenters. The summed E-state index contributed by atoms with van der Waals surface area (Å²) < 4.78 is 12.1. The second-order valence-electron chi connectivity index (χ2n) is 6.91. The first kappa shape index (κ1) is 20.0. The van der Waals surface area contributed by atoms with Gasteiger partial charge in [0.05, 0.1) is 24.7 Å². The molecule has 0 spiro atoms. The van der Waals surface area contributed by atoms with Gasteiger partial charge in [0, 0.05) is 42.6 Å². The summed E-state index contributed by atoms with van der Waals surface area (Å²) in [6.07, 6.45) is 0.837. The normalized spacial score (nSPS) is 12.9. The Morgan fingerprint density at radius 2 is 1.93 bits per heavy atom. The van der Waals surface area contributed by atoms with Crippen molar-refractivity contribution in [3.8, 4) is 11.5 Å². The Labute approximate surface area is 176 Å². The highest BCUT2D eigenvalue weighted by atomic mass is 35.5. The maximum atomic E-state index is 13.0. The van der Waals surface area contributed by atoms with Gasteiger partial charge in [-0.3, -0.25) is 19.5 Å². The second-order valence-corrected chi connectivity index (χ2v) is 7.27. The number of rotatable bonds is 5. The van der Waals surface area contributed by atoms with Crippen LogP contribution in [0.3, 0.4) is 0 Å². The number of nitrogens with zero attached hydrogens (tertiary/aromatic N) is 3. The zero-order valence-electron chi connectivity index (χ0n) is 16.4. The van der Waals surface area contributed by atoms with Crippen molar-refractivity contribution in [2.24, 2.45) is 0 Å². The Kier molecular flexibility index (Phi) is 5.21. The van der Waals surface area contributed by atoms with Crippen molar-refractivity contribution in [1.82, 2.24) is 9.55 Å². The largest absolute Gasteiger partial charge is 0.493 e. The number of anilines is 1. The predicted molar refractivity (Wildman–Crippen MR) is 113 cm³/mol. The van der Waals surface area contributed by atoms with E-state index in [0.29, 0.717) is 42.1 Å². The van der Waals surface area contributed by atoms with E-state index < -0.39 is 4.92 Å². The SMILES string of the molecule is COc1cc2cc(Cc3cc([N+](=O)[O-])c4n(c3=O)CCCN4)c(Cl)nc2cc1OC. The fraction of sp³-hybridized carbons (Fsp3) is 0.300. The molecule has 2 aromatic heterocycles. The molecule has 0 saturated heterocycles. The highest BCUT2D eigenvalue weighted by Crippen LogP contribution is 2.34. The third-order valence-electron chi connectivity index (χ3n) is 5.12. The van der Waals surface area contributed by atoms with Gasteiger partial charge in [-0.1, -0.05) is 11.6 Å². The van der Waals surface area contributed by atoms with Crippen molar-refractivity contribution in [3.05, 3.63) is 61.0 Å². The number of hydrogen-bond acceptors (Lipinski definition) is 7. The third kappa shape index (κ3) is 3.41. The van der Waals surface area contributed by atoms with E-state index in [0.717, 1.165) is 5.39 Å². The smallest absolute Gasteiger partial charge is 0.310 e. The van der Waals surface area contributed by atoms with Crippen molar-refractivity contribution < 1.29 is 14.4 Å². The van der Waals surface area contributed by atoms with Gasteiger partial charge in [-0.2, -0.15) is 0 Å². The standard InChI is InChI=1S/C20H19ClN4O5/c1-29-16-9-11-6-12(18(21)23-14(11)10-17(16)30-2)7-13-8-15(25(27)28)19-22-4-3-5-24(19)20(13)26/h6,8-10,22H,3-5,7H2,1-2H3. The molecule has 4 rings (SSSR count). The van der Waals surface area contributed by atoms with Crippen LogP contribution in [0.15, 0.2) is 29.1 Å². The number of methoxy groups -OCH3 is 2. The van der Waals surface area contributed by atoms with Crippen molar-refractivity contribution in [2.75, 3.05) is 26.1 Å². The molecule has 30 heavy (non-hydrogen) atoms. The van der Waals surface area contributed by atoms with E-state index in [9.17, 15) is 14.9 Å². The molecule has 156 valence electrons. The summed E-state index contributed by atoms with van der Waals surface area (Å²) in [6.45, 7) is 1.02. The fourth-order valence-corrected chi connectivity index (χ4v) is 3.88. The highest BCUT2D eigenvalue weighted by Gasteiger charge is 2.25. The summed E-state index contributed by atoms with van der Waals surface area (Å²) >= 11 is 6.38. The van der Waals surface area contributed by atoms with Gasteiger partial charge in [0.15, 0.2) is 17.3 Å². The van der Waals surface area contributed by atoms with Crippen LogP contribution in [0.4, 0.5) is 11.5 Å². The number of fused-ring (bicyclic) bond motifs is 2. The molecule has 1 aliphatic heterocycles. The molecule has 9 nitrogen and oxygen atoms in total. The van der Waals surface area contributed by atoms with E-state index >= 15 is 0 Å². The molecule has 0 amide bonds. The summed E-state index contributed by atoms with van der Waals surface area (Å²) in [5, 5.41) is 15.5. The molecule has 1 aromatic carbocycles. The first-order valence-corrected chi connectivity index (χ1v) is 9.67. The number of nitro groups is 1. The van der Waals surface area contributed by atoms with Crippen molar-refractivity contribution in [3.63, 3.8) is 0 Å². The Bertz CT molecular complexity index is 1220. The van der Waals surface area contributed by atoms with Crippen LogP contribution in [0.5, 0.6) is 11.5 Å². The molecule has 1 aliphatic rings. The van der Waals surface area contributed by atoms with Gasteiger partial charge in [0.1, 0.15) is 5.15 Å². The van der Waals surface area contributed by atoms with Gasteiger partial charge >= 0.3 is 5.69 Å². The molecule has 0 unspecified atom stereocenters. The van der Waals surface area contributed by atoms with Gasteiger partial charge in [0.2, 0.25) is 0 Å². The second kappa shape index (κ2) is 7.83. The Morgan fingerprint density at radius 3 is 2.63 bits per heavy atom. The van der Waals surface area contributed by atoms with Gasteiger partial charge in [-0.15, -0.1) is 0 Å². The summed E-state index contributed by atoms with van der Waals surface area (Å²) in [7, 11) is 3.07. The fourth-order valence-electron chi connectivity index (χ4n) is 3.67. The van der Waals surface area contributed by atoms with Crippen LogP contribution in [-0.2, 0) is 13.0 Å². The highest BCUT2D eigenvalue weighted by molar-refractivity contribution is 6.30. The average molecular weight is 431 g/mol. The van der Waals surface area contributed by atoms with Crippen LogP contribution in [0.1, 0.15) is 17.5 Å². The zero-order valence-corrected chi connectivity index (χ0v) is 17.2.